The molecule has 1 fully saturated rings. The van der Waals surface area contributed by atoms with E-state index in [2.05, 4.69) is 15.6 Å². The highest BCUT2D eigenvalue weighted by Crippen LogP contribution is 2.23. The quantitative estimate of drug-likeness (QED) is 0.634. The zero-order chi connectivity index (χ0) is 20.4. The number of nitrogens with zero attached hydrogens (tertiary/aromatic N) is 4. The van der Waals surface area contributed by atoms with E-state index in [-0.39, 0.29) is 11.5 Å². The highest BCUT2D eigenvalue weighted by atomic mass is 35.5. The van der Waals surface area contributed by atoms with Crippen molar-refractivity contribution in [3.05, 3.63) is 47.5 Å². The van der Waals surface area contributed by atoms with Gasteiger partial charge in [-0.25, -0.2) is 8.42 Å². The fourth-order valence-electron chi connectivity index (χ4n) is 3.10. The Hall–Kier alpha value is -2.69. The first kappa shape index (κ1) is 19.6. The van der Waals surface area contributed by atoms with Gasteiger partial charge in [-0.2, -0.15) is 4.31 Å². The zero-order valence-electron chi connectivity index (χ0n) is 15.3. The van der Waals surface area contributed by atoms with Crippen molar-refractivity contribution in [2.24, 2.45) is 0 Å². The summed E-state index contributed by atoms with van der Waals surface area (Å²) in [4.78, 5) is 18.9. The lowest BCUT2D eigenvalue weighted by Gasteiger charge is -2.16. The number of carbonyl (C=O) groups is 1. The number of rotatable bonds is 6. The minimum Gasteiger partial charge on any atom is -0.385 e. The highest BCUT2D eigenvalue weighted by Gasteiger charge is 2.27. The van der Waals surface area contributed by atoms with Crippen molar-refractivity contribution in [2.45, 2.75) is 17.7 Å². The molecular formula is C18H18ClN5O4S. The van der Waals surface area contributed by atoms with Crippen molar-refractivity contribution in [1.82, 2.24) is 19.5 Å². The first-order valence-electron chi connectivity index (χ1n) is 8.98. The van der Waals surface area contributed by atoms with Gasteiger partial charge in [0.15, 0.2) is 6.61 Å². The van der Waals surface area contributed by atoms with Gasteiger partial charge in [0.2, 0.25) is 10.0 Å². The number of nitrogens with one attached hydrogen (secondary N) is 1. The minimum atomic E-state index is -3.56. The van der Waals surface area contributed by atoms with Crippen LogP contribution in [0, 0.1) is 0 Å². The van der Waals surface area contributed by atoms with Gasteiger partial charge in [0.05, 0.1) is 4.90 Å². The third-order valence-corrected chi connectivity index (χ3v) is 6.65. The molecule has 0 atom stereocenters. The number of benzene rings is 2. The third-order valence-electron chi connectivity index (χ3n) is 4.52. The van der Waals surface area contributed by atoms with Gasteiger partial charge in [-0.15, -0.1) is 5.10 Å². The van der Waals surface area contributed by atoms with Crippen molar-refractivity contribution in [3.8, 4) is 0 Å². The minimum absolute atomic E-state index is 0.148. The van der Waals surface area contributed by atoms with Gasteiger partial charge in [0.25, 0.3) is 5.91 Å². The van der Waals surface area contributed by atoms with Crippen molar-refractivity contribution in [2.75, 3.05) is 25.0 Å². The summed E-state index contributed by atoms with van der Waals surface area (Å²) in [5.41, 5.74) is 1.48. The van der Waals surface area contributed by atoms with Crippen LogP contribution in [0.25, 0.3) is 11.0 Å². The van der Waals surface area contributed by atoms with Crippen LogP contribution in [-0.2, 0) is 14.8 Å². The summed E-state index contributed by atoms with van der Waals surface area (Å²) in [5.74, 6) is -0.466. The Morgan fingerprint density at radius 1 is 1.17 bits per heavy atom. The summed E-state index contributed by atoms with van der Waals surface area (Å²) in [7, 11) is -3.56. The second kappa shape index (κ2) is 7.97. The molecule has 0 saturated carbocycles. The van der Waals surface area contributed by atoms with Gasteiger partial charge in [-0.3, -0.25) is 4.79 Å². The summed E-state index contributed by atoms with van der Waals surface area (Å²) in [5, 5.41) is 10.9. The Labute approximate surface area is 172 Å². The smallest absolute Gasteiger partial charge is 0.265 e. The van der Waals surface area contributed by atoms with Crippen LogP contribution in [0.4, 0.5) is 5.69 Å². The molecular weight excluding hydrogens is 418 g/mol. The van der Waals surface area contributed by atoms with Crippen molar-refractivity contribution in [3.63, 3.8) is 0 Å². The standard InChI is InChI=1S/C18H18ClN5O4S/c19-13-6-7-16-17(10-13)24(22-21-16)28-12-18(25)20-14-4-3-5-15(11-14)29(26,27)23-8-1-2-9-23/h3-7,10-11H,1-2,8-9,12H2,(H,20,25). The van der Waals surface area contributed by atoms with Crippen LogP contribution in [0.15, 0.2) is 47.4 Å². The van der Waals surface area contributed by atoms with E-state index in [1.807, 2.05) is 0 Å². The Bertz CT molecular complexity index is 1160. The van der Waals surface area contributed by atoms with E-state index >= 15 is 0 Å². The molecule has 2 heterocycles. The van der Waals surface area contributed by atoms with E-state index in [4.69, 9.17) is 16.4 Å². The zero-order valence-corrected chi connectivity index (χ0v) is 16.9. The molecule has 0 bridgehead atoms. The molecule has 152 valence electrons. The van der Waals surface area contributed by atoms with Gasteiger partial charge < -0.3 is 10.2 Å². The maximum absolute atomic E-state index is 12.7. The fraction of sp³-hybridized carbons (Fsp3) is 0.278. The molecule has 1 aliphatic heterocycles. The average molecular weight is 436 g/mol. The molecule has 29 heavy (non-hydrogen) atoms. The lowest BCUT2D eigenvalue weighted by atomic mass is 10.3. The number of amides is 1. The second-order valence-electron chi connectivity index (χ2n) is 6.56. The molecule has 4 rings (SSSR count). The summed E-state index contributed by atoms with van der Waals surface area (Å²) in [6.45, 7) is 0.694. The summed E-state index contributed by atoms with van der Waals surface area (Å²) >= 11 is 5.96. The average Bonchev–Trinajstić information content (AvgIpc) is 3.37. The van der Waals surface area contributed by atoms with Gasteiger partial charge in [-0.1, -0.05) is 22.5 Å². The molecule has 9 nitrogen and oxygen atoms in total. The highest BCUT2D eigenvalue weighted by molar-refractivity contribution is 7.89. The van der Waals surface area contributed by atoms with Gasteiger partial charge in [0.1, 0.15) is 11.0 Å². The molecule has 0 radical (unpaired) electrons. The number of anilines is 1. The number of fused-ring (bicyclic) bond motifs is 1. The van der Waals surface area contributed by atoms with Crippen LogP contribution in [-0.4, -0.2) is 53.5 Å². The number of hydrogen-bond acceptors (Lipinski definition) is 6. The van der Waals surface area contributed by atoms with Crippen molar-refractivity contribution in [1.29, 1.82) is 0 Å². The number of halogens is 1. The van der Waals surface area contributed by atoms with Crippen LogP contribution in [0.1, 0.15) is 12.8 Å². The third kappa shape index (κ3) is 4.19. The molecule has 11 heteroatoms. The summed E-state index contributed by atoms with van der Waals surface area (Å²) < 4.78 is 26.8. The number of aromatic nitrogens is 3. The van der Waals surface area contributed by atoms with E-state index in [9.17, 15) is 13.2 Å². The van der Waals surface area contributed by atoms with E-state index in [1.54, 1.807) is 30.3 Å². The number of carbonyl (C=O) groups excluding carboxylic acids is 1. The predicted molar refractivity (Wildman–Crippen MR) is 107 cm³/mol. The summed E-state index contributed by atoms with van der Waals surface area (Å²) in [6, 6.07) is 11.2. The Kier molecular flexibility index (Phi) is 5.39. The Morgan fingerprint density at radius 2 is 1.97 bits per heavy atom. The summed E-state index contributed by atoms with van der Waals surface area (Å²) in [6.07, 6.45) is 1.71. The molecule has 1 amide bonds. The molecule has 2 aromatic carbocycles. The molecule has 1 N–H and O–H groups in total. The van der Waals surface area contributed by atoms with E-state index in [0.717, 1.165) is 17.7 Å². The van der Waals surface area contributed by atoms with Crippen LogP contribution >= 0.6 is 11.6 Å². The number of sulfonamides is 1. The molecule has 1 aromatic heterocycles. The second-order valence-corrected chi connectivity index (χ2v) is 8.93. The van der Waals surface area contributed by atoms with Crippen molar-refractivity contribution >= 4 is 44.3 Å². The van der Waals surface area contributed by atoms with Crippen LogP contribution in [0.5, 0.6) is 0 Å². The first-order chi connectivity index (χ1) is 13.9. The van der Waals surface area contributed by atoms with Gasteiger partial charge in [-0.05, 0) is 54.5 Å². The monoisotopic (exact) mass is 435 g/mol. The lowest BCUT2D eigenvalue weighted by molar-refractivity contribution is -0.121. The molecule has 1 saturated heterocycles. The maximum atomic E-state index is 12.7. The van der Waals surface area contributed by atoms with Gasteiger partial charge in [0, 0.05) is 23.8 Å². The van der Waals surface area contributed by atoms with E-state index in [1.165, 1.54) is 16.4 Å². The van der Waals surface area contributed by atoms with Crippen molar-refractivity contribution < 1.29 is 18.0 Å². The predicted octanol–water partition coefficient (Wildman–Crippen LogP) is 1.94. The molecule has 0 aliphatic carbocycles. The van der Waals surface area contributed by atoms with E-state index in [0.29, 0.717) is 34.8 Å². The molecule has 1 aliphatic rings. The topological polar surface area (TPSA) is 106 Å². The largest absolute Gasteiger partial charge is 0.385 e. The first-order valence-corrected chi connectivity index (χ1v) is 10.8. The maximum Gasteiger partial charge on any atom is 0.265 e. The van der Waals surface area contributed by atoms with Crippen LogP contribution in [0.2, 0.25) is 5.02 Å². The number of hydrogen-bond donors (Lipinski definition) is 1. The van der Waals surface area contributed by atoms with Gasteiger partial charge >= 0.3 is 0 Å². The normalized spacial score (nSPS) is 14.9. The van der Waals surface area contributed by atoms with E-state index < -0.39 is 15.9 Å². The molecule has 3 aromatic rings. The lowest BCUT2D eigenvalue weighted by Crippen LogP contribution is -2.28. The molecule has 0 spiro atoms. The molecule has 0 unspecified atom stereocenters. The fourth-order valence-corrected chi connectivity index (χ4v) is 4.83. The van der Waals surface area contributed by atoms with Crippen LogP contribution in [0.3, 0.4) is 0 Å². The van der Waals surface area contributed by atoms with Crippen LogP contribution < -0.4 is 10.2 Å². The Morgan fingerprint density at radius 3 is 2.76 bits per heavy atom. The Balaban J connectivity index is 1.42. The SMILES string of the molecule is O=C(COn1nnc2ccc(Cl)cc21)Nc1cccc(S(=O)(=O)N2CCCC2)c1.